The quantitative estimate of drug-likeness (QED) is 0.864. The van der Waals surface area contributed by atoms with Crippen LogP contribution in [0.25, 0.3) is 0 Å². The third-order valence-electron chi connectivity index (χ3n) is 5.24. The molecule has 3 rings (SSSR count). The molecule has 2 aliphatic rings. The predicted molar refractivity (Wildman–Crippen MR) is 82.4 cm³/mol. The van der Waals surface area contributed by atoms with Gasteiger partial charge in [0.25, 0.3) is 0 Å². The van der Waals surface area contributed by atoms with Crippen LogP contribution < -0.4 is 0 Å². The van der Waals surface area contributed by atoms with Crippen molar-refractivity contribution in [3.8, 4) is 0 Å². The second kappa shape index (κ2) is 6.77. The summed E-state index contributed by atoms with van der Waals surface area (Å²) in [7, 11) is 0. The molecular weight excluding hydrogens is 280 g/mol. The maximum atomic E-state index is 11.6. The Morgan fingerprint density at radius 3 is 2.64 bits per heavy atom. The minimum atomic E-state index is -0.736. The standard InChI is InChI=1S/C16H26N4O2/c1-12-17-18-15-11-19(14(16(21)22)10-20(12)15)9-8-13-6-4-2-3-5-7-13/h13-14H,2-11H2,1H3,(H,21,22). The van der Waals surface area contributed by atoms with Gasteiger partial charge in [0.15, 0.2) is 0 Å². The molecule has 0 spiro atoms. The van der Waals surface area contributed by atoms with Gasteiger partial charge in [0.2, 0.25) is 0 Å². The Hall–Kier alpha value is -1.43. The average Bonchev–Trinajstić information content (AvgIpc) is 2.72. The number of aromatic nitrogens is 3. The molecule has 0 aromatic carbocycles. The van der Waals surface area contributed by atoms with Crippen LogP contribution in [0.3, 0.4) is 0 Å². The van der Waals surface area contributed by atoms with Crippen molar-refractivity contribution in [3.63, 3.8) is 0 Å². The predicted octanol–water partition coefficient (Wildman–Crippen LogP) is 2.22. The fourth-order valence-electron chi connectivity index (χ4n) is 3.83. The van der Waals surface area contributed by atoms with Crippen molar-refractivity contribution in [2.75, 3.05) is 6.54 Å². The molecule has 0 radical (unpaired) electrons. The molecule has 6 nitrogen and oxygen atoms in total. The number of aryl methyl sites for hydroxylation is 1. The first-order chi connectivity index (χ1) is 10.6. The van der Waals surface area contributed by atoms with Crippen molar-refractivity contribution in [2.24, 2.45) is 5.92 Å². The van der Waals surface area contributed by atoms with Gasteiger partial charge in [-0.3, -0.25) is 9.69 Å². The second-order valence-electron chi connectivity index (χ2n) is 6.74. The lowest BCUT2D eigenvalue weighted by molar-refractivity contribution is -0.145. The number of carboxylic acid groups (broad SMARTS) is 1. The lowest BCUT2D eigenvalue weighted by atomic mass is 9.96. The average molecular weight is 306 g/mol. The number of aliphatic carboxylic acids is 1. The summed E-state index contributed by atoms with van der Waals surface area (Å²) in [5.41, 5.74) is 0. The molecule has 1 aromatic rings. The van der Waals surface area contributed by atoms with E-state index in [2.05, 4.69) is 15.1 Å². The van der Waals surface area contributed by atoms with E-state index >= 15 is 0 Å². The lowest BCUT2D eigenvalue weighted by Crippen LogP contribution is -2.48. The van der Waals surface area contributed by atoms with Gasteiger partial charge in [0, 0.05) is 0 Å². The molecule has 1 fully saturated rings. The zero-order chi connectivity index (χ0) is 15.5. The van der Waals surface area contributed by atoms with E-state index in [4.69, 9.17) is 0 Å². The van der Waals surface area contributed by atoms with Crippen LogP contribution >= 0.6 is 0 Å². The maximum Gasteiger partial charge on any atom is 0.322 e. The molecule has 1 atom stereocenters. The molecule has 1 aliphatic heterocycles. The molecule has 0 amide bonds. The minimum Gasteiger partial charge on any atom is -0.480 e. The van der Waals surface area contributed by atoms with E-state index in [1.807, 2.05) is 11.5 Å². The highest BCUT2D eigenvalue weighted by Gasteiger charge is 2.33. The molecular formula is C16H26N4O2. The molecule has 1 N–H and O–H groups in total. The van der Waals surface area contributed by atoms with Crippen LogP contribution in [0, 0.1) is 12.8 Å². The van der Waals surface area contributed by atoms with Crippen molar-refractivity contribution in [3.05, 3.63) is 11.6 Å². The summed E-state index contributed by atoms with van der Waals surface area (Å²) in [5.74, 6) is 1.73. The van der Waals surface area contributed by atoms with Crippen LogP contribution in [0.5, 0.6) is 0 Å². The van der Waals surface area contributed by atoms with Gasteiger partial charge in [-0.1, -0.05) is 38.5 Å². The summed E-state index contributed by atoms with van der Waals surface area (Å²) >= 11 is 0. The Morgan fingerprint density at radius 2 is 1.95 bits per heavy atom. The van der Waals surface area contributed by atoms with Gasteiger partial charge in [-0.2, -0.15) is 0 Å². The van der Waals surface area contributed by atoms with Crippen molar-refractivity contribution in [1.82, 2.24) is 19.7 Å². The van der Waals surface area contributed by atoms with Crippen molar-refractivity contribution >= 4 is 5.97 Å². The third-order valence-corrected chi connectivity index (χ3v) is 5.24. The Labute approximate surface area is 131 Å². The largest absolute Gasteiger partial charge is 0.480 e. The zero-order valence-electron chi connectivity index (χ0n) is 13.4. The zero-order valence-corrected chi connectivity index (χ0v) is 13.4. The summed E-state index contributed by atoms with van der Waals surface area (Å²) in [4.78, 5) is 13.7. The lowest BCUT2D eigenvalue weighted by Gasteiger charge is -2.34. The van der Waals surface area contributed by atoms with Gasteiger partial charge in [0.1, 0.15) is 17.7 Å². The molecule has 0 bridgehead atoms. The number of rotatable bonds is 4. The van der Waals surface area contributed by atoms with Crippen LogP contribution in [0.4, 0.5) is 0 Å². The van der Waals surface area contributed by atoms with E-state index in [0.29, 0.717) is 13.1 Å². The maximum absolute atomic E-state index is 11.6. The van der Waals surface area contributed by atoms with Gasteiger partial charge in [-0.25, -0.2) is 0 Å². The number of hydrogen-bond acceptors (Lipinski definition) is 4. The number of nitrogens with zero attached hydrogens (tertiary/aromatic N) is 4. The van der Waals surface area contributed by atoms with Gasteiger partial charge >= 0.3 is 5.97 Å². The first-order valence-corrected chi connectivity index (χ1v) is 8.50. The Morgan fingerprint density at radius 1 is 1.23 bits per heavy atom. The van der Waals surface area contributed by atoms with Gasteiger partial charge in [-0.05, 0) is 25.8 Å². The highest BCUT2D eigenvalue weighted by Crippen LogP contribution is 2.27. The first-order valence-electron chi connectivity index (χ1n) is 8.50. The SMILES string of the molecule is Cc1nnc2n1CC(C(=O)O)N(CCC1CCCCCC1)C2. The summed E-state index contributed by atoms with van der Waals surface area (Å²) in [6.45, 7) is 3.81. The first kappa shape index (κ1) is 15.5. The molecule has 1 unspecified atom stereocenters. The summed E-state index contributed by atoms with van der Waals surface area (Å²) in [6.07, 6.45) is 9.11. The van der Waals surface area contributed by atoms with E-state index < -0.39 is 12.0 Å². The summed E-state index contributed by atoms with van der Waals surface area (Å²) in [6, 6.07) is -0.451. The molecule has 1 aromatic heterocycles. The normalized spacial score (nSPS) is 24.0. The van der Waals surface area contributed by atoms with E-state index in [1.54, 1.807) is 0 Å². The van der Waals surface area contributed by atoms with Gasteiger partial charge < -0.3 is 9.67 Å². The number of fused-ring (bicyclic) bond motifs is 1. The van der Waals surface area contributed by atoms with Crippen molar-refractivity contribution in [1.29, 1.82) is 0 Å². The van der Waals surface area contributed by atoms with E-state index in [-0.39, 0.29) is 0 Å². The molecule has 1 saturated carbocycles. The van der Waals surface area contributed by atoms with Crippen LogP contribution in [-0.2, 0) is 17.9 Å². The molecule has 0 saturated heterocycles. The fourth-order valence-corrected chi connectivity index (χ4v) is 3.83. The van der Waals surface area contributed by atoms with E-state index in [0.717, 1.165) is 30.5 Å². The summed E-state index contributed by atoms with van der Waals surface area (Å²) in [5, 5.41) is 17.8. The Balaban J connectivity index is 1.64. The minimum absolute atomic E-state index is 0.451. The summed E-state index contributed by atoms with van der Waals surface area (Å²) < 4.78 is 1.95. The third kappa shape index (κ3) is 3.32. The monoisotopic (exact) mass is 306 g/mol. The number of carboxylic acids is 1. The Bertz CT molecular complexity index is 520. The molecule has 2 heterocycles. The van der Waals surface area contributed by atoms with Crippen LogP contribution in [-0.4, -0.2) is 43.3 Å². The van der Waals surface area contributed by atoms with Crippen LogP contribution in [0.1, 0.15) is 56.6 Å². The van der Waals surface area contributed by atoms with Gasteiger partial charge in [-0.15, -0.1) is 10.2 Å². The molecule has 22 heavy (non-hydrogen) atoms. The highest BCUT2D eigenvalue weighted by molar-refractivity contribution is 5.73. The van der Waals surface area contributed by atoms with Crippen molar-refractivity contribution < 1.29 is 9.90 Å². The molecule has 122 valence electrons. The topological polar surface area (TPSA) is 71.2 Å². The second-order valence-corrected chi connectivity index (χ2v) is 6.74. The molecule has 1 aliphatic carbocycles. The molecule has 6 heteroatoms. The number of hydrogen-bond donors (Lipinski definition) is 1. The van der Waals surface area contributed by atoms with Crippen LogP contribution in [0.15, 0.2) is 0 Å². The van der Waals surface area contributed by atoms with Crippen LogP contribution in [0.2, 0.25) is 0 Å². The van der Waals surface area contributed by atoms with E-state index in [9.17, 15) is 9.90 Å². The van der Waals surface area contributed by atoms with Gasteiger partial charge in [0.05, 0.1) is 13.1 Å². The van der Waals surface area contributed by atoms with Crippen molar-refractivity contribution in [2.45, 2.75) is 71.0 Å². The fraction of sp³-hybridized carbons (Fsp3) is 0.812. The number of carbonyl (C=O) groups is 1. The van der Waals surface area contributed by atoms with E-state index in [1.165, 1.54) is 38.5 Å². The highest BCUT2D eigenvalue weighted by atomic mass is 16.4. The Kier molecular flexibility index (Phi) is 4.76. The smallest absolute Gasteiger partial charge is 0.322 e.